The highest BCUT2D eigenvalue weighted by Crippen LogP contribution is 2.17. The first-order valence-electron chi connectivity index (χ1n) is 8.71. The Morgan fingerprint density at radius 1 is 1.42 bits per heavy atom. The normalized spacial score (nSPS) is 15.2. The molecule has 1 aliphatic rings. The number of rotatable bonds is 7. The lowest BCUT2D eigenvalue weighted by atomic mass is 10.0. The van der Waals surface area contributed by atoms with Gasteiger partial charge in [-0.1, -0.05) is 0 Å². The fourth-order valence-corrected chi connectivity index (χ4v) is 4.46. The molecule has 0 saturated carbocycles. The van der Waals surface area contributed by atoms with Crippen molar-refractivity contribution < 1.29 is 14.0 Å². The van der Waals surface area contributed by atoms with E-state index in [1.54, 1.807) is 29.2 Å². The Bertz CT molecular complexity index is 722. The van der Waals surface area contributed by atoms with Gasteiger partial charge < -0.3 is 14.6 Å². The number of aryl methyl sites for hydroxylation is 1. The molecular weight excluding hydrogens is 370 g/mol. The minimum absolute atomic E-state index is 0.00259. The molecule has 0 spiro atoms. The summed E-state index contributed by atoms with van der Waals surface area (Å²) >= 11 is 3.39. The van der Waals surface area contributed by atoms with E-state index in [2.05, 4.69) is 15.7 Å². The van der Waals surface area contributed by atoms with E-state index < -0.39 is 0 Å². The minimum Gasteiger partial charge on any atom is -0.472 e. The second kappa shape index (κ2) is 9.23. The zero-order chi connectivity index (χ0) is 18.4. The van der Waals surface area contributed by atoms with Gasteiger partial charge in [0.1, 0.15) is 6.26 Å². The molecule has 0 radical (unpaired) electrons. The zero-order valence-electron chi connectivity index (χ0n) is 14.8. The van der Waals surface area contributed by atoms with Gasteiger partial charge in [-0.05, 0) is 25.8 Å². The standard InChI is InChI=1S/C18H23N3O3S2/c1-13-19-16(12-26-13)11-25-9-5-17(22)20-15-2-6-21(7-3-15)18(23)14-4-8-24-10-14/h4,8,10,12,15H,2-3,5-7,9,11H2,1H3,(H,20,22). The van der Waals surface area contributed by atoms with E-state index >= 15 is 0 Å². The average molecular weight is 394 g/mol. The molecule has 26 heavy (non-hydrogen) atoms. The number of piperidine rings is 1. The molecule has 0 aliphatic carbocycles. The van der Waals surface area contributed by atoms with Gasteiger partial charge in [0.05, 0.1) is 22.5 Å². The number of likely N-dealkylation sites (tertiary alicyclic amines) is 1. The number of thiazole rings is 1. The minimum atomic E-state index is -0.00259. The van der Waals surface area contributed by atoms with Gasteiger partial charge in [0.25, 0.3) is 5.91 Å². The summed E-state index contributed by atoms with van der Waals surface area (Å²) in [7, 11) is 0. The predicted octanol–water partition coefficient (Wildman–Crippen LogP) is 3.09. The molecule has 1 aliphatic heterocycles. The van der Waals surface area contributed by atoms with Crippen LogP contribution in [0.2, 0.25) is 0 Å². The van der Waals surface area contributed by atoms with Crippen LogP contribution in [0.25, 0.3) is 0 Å². The van der Waals surface area contributed by atoms with Crippen LogP contribution in [-0.2, 0) is 10.5 Å². The van der Waals surface area contributed by atoms with Crippen LogP contribution in [0, 0.1) is 6.92 Å². The Kier molecular flexibility index (Phi) is 6.73. The number of hydrogen-bond acceptors (Lipinski definition) is 6. The second-order valence-electron chi connectivity index (χ2n) is 6.31. The van der Waals surface area contributed by atoms with Crippen molar-refractivity contribution in [1.29, 1.82) is 0 Å². The predicted molar refractivity (Wildman–Crippen MR) is 103 cm³/mol. The summed E-state index contributed by atoms with van der Waals surface area (Å²) in [5.41, 5.74) is 1.67. The molecule has 3 heterocycles. The van der Waals surface area contributed by atoms with E-state index in [1.807, 2.05) is 11.8 Å². The molecule has 2 aromatic heterocycles. The molecule has 2 aromatic rings. The smallest absolute Gasteiger partial charge is 0.257 e. The van der Waals surface area contributed by atoms with Gasteiger partial charge in [0, 0.05) is 42.4 Å². The van der Waals surface area contributed by atoms with Crippen molar-refractivity contribution in [1.82, 2.24) is 15.2 Å². The Morgan fingerprint density at radius 2 is 2.23 bits per heavy atom. The van der Waals surface area contributed by atoms with Gasteiger partial charge in [0.15, 0.2) is 0 Å². The molecule has 2 amide bonds. The number of aromatic nitrogens is 1. The Balaban J connectivity index is 1.31. The summed E-state index contributed by atoms with van der Waals surface area (Å²) in [6.07, 6.45) is 5.08. The quantitative estimate of drug-likeness (QED) is 0.732. The highest BCUT2D eigenvalue weighted by atomic mass is 32.2. The maximum absolute atomic E-state index is 12.3. The zero-order valence-corrected chi connectivity index (χ0v) is 16.4. The molecule has 8 heteroatoms. The van der Waals surface area contributed by atoms with Crippen molar-refractivity contribution in [2.45, 2.75) is 38.0 Å². The lowest BCUT2D eigenvalue weighted by Crippen LogP contribution is -2.46. The molecule has 6 nitrogen and oxygen atoms in total. The lowest BCUT2D eigenvalue weighted by molar-refractivity contribution is -0.121. The van der Waals surface area contributed by atoms with E-state index in [0.29, 0.717) is 25.1 Å². The monoisotopic (exact) mass is 393 g/mol. The third-order valence-corrected chi connectivity index (χ3v) is 6.12. The van der Waals surface area contributed by atoms with Crippen molar-refractivity contribution in [3.8, 4) is 0 Å². The van der Waals surface area contributed by atoms with Crippen LogP contribution in [-0.4, -0.2) is 46.6 Å². The largest absolute Gasteiger partial charge is 0.472 e. The second-order valence-corrected chi connectivity index (χ2v) is 8.47. The van der Waals surface area contributed by atoms with Crippen molar-refractivity contribution >= 4 is 34.9 Å². The third kappa shape index (κ3) is 5.35. The Hall–Kier alpha value is -1.80. The number of amides is 2. The molecule has 0 bridgehead atoms. The van der Waals surface area contributed by atoms with Crippen LogP contribution >= 0.6 is 23.1 Å². The van der Waals surface area contributed by atoms with Crippen LogP contribution in [0.4, 0.5) is 0 Å². The highest BCUT2D eigenvalue weighted by Gasteiger charge is 2.24. The maximum Gasteiger partial charge on any atom is 0.257 e. The molecule has 1 fully saturated rings. The van der Waals surface area contributed by atoms with Crippen molar-refractivity contribution in [3.63, 3.8) is 0 Å². The summed E-state index contributed by atoms with van der Waals surface area (Å²) in [5, 5.41) is 6.24. The number of nitrogens with zero attached hydrogens (tertiary/aromatic N) is 2. The molecule has 1 N–H and O–H groups in total. The number of carbonyl (C=O) groups is 2. The van der Waals surface area contributed by atoms with Gasteiger partial charge in [-0.2, -0.15) is 11.8 Å². The molecule has 1 saturated heterocycles. The van der Waals surface area contributed by atoms with Gasteiger partial charge in [0.2, 0.25) is 5.91 Å². The third-order valence-electron chi connectivity index (χ3n) is 4.31. The Labute approximate surface area is 161 Å². The number of nitrogens with one attached hydrogen (secondary N) is 1. The number of thioether (sulfide) groups is 1. The van der Waals surface area contributed by atoms with Crippen LogP contribution in [0.5, 0.6) is 0 Å². The Morgan fingerprint density at radius 3 is 2.88 bits per heavy atom. The molecular formula is C18H23N3O3S2. The fourth-order valence-electron chi connectivity index (χ4n) is 2.91. The summed E-state index contributed by atoms with van der Waals surface area (Å²) in [6.45, 7) is 3.32. The van der Waals surface area contributed by atoms with Gasteiger partial charge in [-0.15, -0.1) is 11.3 Å². The van der Waals surface area contributed by atoms with E-state index in [-0.39, 0.29) is 17.9 Å². The first-order chi connectivity index (χ1) is 12.6. The van der Waals surface area contributed by atoms with Crippen LogP contribution in [0.1, 0.15) is 40.3 Å². The summed E-state index contributed by atoms with van der Waals surface area (Å²) < 4.78 is 4.97. The first-order valence-corrected chi connectivity index (χ1v) is 10.7. The summed E-state index contributed by atoms with van der Waals surface area (Å²) in [5.74, 6) is 1.73. The number of furan rings is 1. The van der Waals surface area contributed by atoms with E-state index in [4.69, 9.17) is 4.42 Å². The van der Waals surface area contributed by atoms with Gasteiger partial charge in [-0.3, -0.25) is 9.59 Å². The van der Waals surface area contributed by atoms with Gasteiger partial charge in [-0.25, -0.2) is 4.98 Å². The van der Waals surface area contributed by atoms with Crippen LogP contribution in [0.15, 0.2) is 28.4 Å². The fraction of sp³-hybridized carbons (Fsp3) is 0.500. The lowest BCUT2D eigenvalue weighted by Gasteiger charge is -2.32. The van der Waals surface area contributed by atoms with Crippen molar-refractivity contribution in [2.24, 2.45) is 0 Å². The number of carbonyl (C=O) groups excluding carboxylic acids is 2. The van der Waals surface area contributed by atoms with E-state index in [0.717, 1.165) is 35.0 Å². The number of hydrogen-bond donors (Lipinski definition) is 1. The molecule has 3 rings (SSSR count). The SMILES string of the molecule is Cc1nc(CSCCC(=O)NC2CCN(C(=O)c3ccoc3)CC2)cs1. The topological polar surface area (TPSA) is 75.4 Å². The van der Waals surface area contributed by atoms with Crippen molar-refractivity contribution in [2.75, 3.05) is 18.8 Å². The van der Waals surface area contributed by atoms with Crippen LogP contribution < -0.4 is 5.32 Å². The first kappa shape index (κ1) is 19.0. The van der Waals surface area contributed by atoms with Crippen LogP contribution in [0.3, 0.4) is 0 Å². The summed E-state index contributed by atoms with van der Waals surface area (Å²) in [6, 6.07) is 1.84. The highest BCUT2D eigenvalue weighted by molar-refractivity contribution is 7.98. The molecule has 0 atom stereocenters. The molecule has 140 valence electrons. The van der Waals surface area contributed by atoms with E-state index in [1.165, 1.54) is 12.5 Å². The van der Waals surface area contributed by atoms with Crippen molar-refractivity contribution in [3.05, 3.63) is 40.2 Å². The molecule has 0 aromatic carbocycles. The molecule has 0 unspecified atom stereocenters. The van der Waals surface area contributed by atoms with E-state index in [9.17, 15) is 9.59 Å². The summed E-state index contributed by atoms with van der Waals surface area (Å²) in [4.78, 5) is 30.6. The maximum atomic E-state index is 12.3. The van der Waals surface area contributed by atoms with Gasteiger partial charge >= 0.3 is 0 Å². The average Bonchev–Trinajstić information content (AvgIpc) is 3.31.